The number of hydrogen-bond acceptors (Lipinski definition) is 5. The molecule has 3 aromatic rings. The lowest BCUT2D eigenvalue weighted by molar-refractivity contribution is 0.0997. The number of anilines is 1. The second-order valence-electron chi connectivity index (χ2n) is 5.73. The number of carbonyl (C=O) groups is 2. The minimum atomic E-state index is -0.617. The van der Waals surface area contributed by atoms with Crippen molar-refractivity contribution < 1.29 is 14.0 Å². The second kappa shape index (κ2) is 7.81. The first-order valence-corrected chi connectivity index (χ1v) is 8.96. The van der Waals surface area contributed by atoms with Crippen LogP contribution in [0.4, 0.5) is 10.1 Å². The third-order valence-electron chi connectivity index (χ3n) is 3.79. The van der Waals surface area contributed by atoms with Gasteiger partial charge < -0.3 is 11.1 Å². The predicted octanol–water partition coefficient (Wildman–Crippen LogP) is 3.58. The number of hydrogen-bond donors (Lipinski definition) is 2. The van der Waals surface area contributed by atoms with Crippen LogP contribution < -0.4 is 11.1 Å². The SMILES string of the molecule is Cc1nsc(Cc2ccc(C(N)=O)cn2)c1C(=O)Nc1ccc(Cl)c(F)c1. The topological polar surface area (TPSA) is 98.0 Å². The molecule has 2 heterocycles. The number of aromatic nitrogens is 2. The average Bonchev–Trinajstić information content (AvgIpc) is 2.99. The number of carbonyl (C=O) groups excluding carboxylic acids is 2. The van der Waals surface area contributed by atoms with Crippen molar-refractivity contribution in [2.45, 2.75) is 13.3 Å². The van der Waals surface area contributed by atoms with Gasteiger partial charge in [0.25, 0.3) is 5.91 Å². The number of aryl methyl sites for hydroxylation is 1. The molecule has 27 heavy (non-hydrogen) atoms. The van der Waals surface area contributed by atoms with E-state index in [2.05, 4.69) is 14.7 Å². The molecule has 2 aromatic heterocycles. The Bertz CT molecular complexity index is 1020. The summed E-state index contributed by atoms with van der Waals surface area (Å²) in [6.45, 7) is 1.72. The molecule has 3 N–H and O–H groups in total. The van der Waals surface area contributed by atoms with Gasteiger partial charge in [-0.2, -0.15) is 4.37 Å². The standard InChI is InChI=1S/C18H14ClFN4O2S/c1-9-16(18(26)23-12-4-5-13(19)14(20)6-12)15(27-24-9)7-11-3-2-10(8-22-11)17(21)25/h2-6,8H,7H2,1H3,(H2,21,25)(H,23,26). The van der Waals surface area contributed by atoms with Crippen LogP contribution in [0.5, 0.6) is 0 Å². The molecule has 2 amide bonds. The van der Waals surface area contributed by atoms with Gasteiger partial charge in [-0.15, -0.1) is 0 Å². The fourth-order valence-electron chi connectivity index (χ4n) is 2.44. The van der Waals surface area contributed by atoms with Crippen LogP contribution in [0.25, 0.3) is 0 Å². The summed E-state index contributed by atoms with van der Waals surface area (Å²) in [6.07, 6.45) is 1.75. The van der Waals surface area contributed by atoms with E-state index in [1.165, 1.54) is 29.9 Å². The molecule has 0 saturated carbocycles. The highest BCUT2D eigenvalue weighted by atomic mass is 35.5. The van der Waals surface area contributed by atoms with Gasteiger partial charge in [-0.05, 0) is 48.8 Å². The van der Waals surface area contributed by atoms with Crippen molar-refractivity contribution >= 4 is 40.6 Å². The fourth-order valence-corrected chi connectivity index (χ4v) is 3.44. The fraction of sp³-hybridized carbons (Fsp3) is 0.111. The lowest BCUT2D eigenvalue weighted by atomic mass is 10.1. The third kappa shape index (κ3) is 4.29. The lowest BCUT2D eigenvalue weighted by Crippen LogP contribution is -2.15. The minimum absolute atomic E-state index is 0.0208. The summed E-state index contributed by atoms with van der Waals surface area (Å²) in [6, 6.07) is 7.29. The van der Waals surface area contributed by atoms with Crippen LogP contribution in [0.2, 0.25) is 5.02 Å². The third-order valence-corrected chi connectivity index (χ3v) is 5.03. The van der Waals surface area contributed by atoms with E-state index in [1.54, 1.807) is 19.1 Å². The molecular formula is C18H14ClFN4O2S. The number of nitrogens with two attached hydrogens (primary N) is 1. The molecule has 9 heteroatoms. The Morgan fingerprint density at radius 2 is 2.07 bits per heavy atom. The van der Waals surface area contributed by atoms with Crippen LogP contribution in [0.1, 0.15) is 37.0 Å². The summed E-state index contributed by atoms with van der Waals surface area (Å²) < 4.78 is 17.8. The van der Waals surface area contributed by atoms with Crippen LogP contribution >= 0.6 is 23.1 Å². The maximum Gasteiger partial charge on any atom is 0.258 e. The molecule has 0 saturated heterocycles. The van der Waals surface area contributed by atoms with Crippen molar-refractivity contribution in [3.05, 3.63) is 74.8 Å². The highest BCUT2D eigenvalue weighted by Crippen LogP contribution is 2.24. The molecule has 6 nitrogen and oxygen atoms in total. The predicted molar refractivity (Wildman–Crippen MR) is 102 cm³/mol. The smallest absolute Gasteiger partial charge is 0.258 e. The van der Waals surface area contributed by atoms with E-state index >= 15 is 0 Å². The Morgan fingerprint density at radius 1 is 1.30 bits per heavy atom. The number of nitrogens with one attached hydrogen (secondary N) is 1. The van der Waals surface area contributed by atoms with Crippen LogP contribution in [0.15, 0.2) is 36.5 Å². The Morgan fingerprint density at radius 3 is 2.70 bits per heavy atom. The number of nitrogens with zero attached hydrogens (tertiary/aromatic N) is 2. The molecule has 0 aliphatic heterocycles. The first-order chi connectivity index (χ1) is 12.8. The molecule has 3 rings (SSSR count). The normalized spacial score (nSPS) is 10.6. The number of benzene rings is 1. The molecule has 0 aliphatic rings. The van der Waals surface area contributed by atoms with Gasteiger partial charge in [-0.3, -0.25) is 14.6 Å². The van der Waals surface area contributed by atoms with E-state index in [9.17, 15) is 14.0 Å². The van der Waals surface area contributed by atoms with Crippen LogP contribution in [0, 0.1) is 12.7 Å². The molecule has 0 bridgehead atoms. The highest BCUT2D eigenvalue weighted by Gasteiger charge is 2.19. The molecule has 138 valence electrons. The van der Waals surface area contributed by atoms with E-state index in [0.29, 0.717) is 39.5 Å². The van der Waals surface area contributed by atoms with Crippen molar-refractivity contribution in [3.63, 3.8) is 0 Å². The Labute approximate surface area is 163 Å². The van der Waals surface area contributed by atoms with Gasteiger partial charge in [-0.1, -0.05) is 11.6 Å². The first kappa shape index (κ1) is 18.9. The summed E-state index contributed by atoms with van der Waals surface area (Å²) in [5.74, 6) is -1.57. The lowest BCUT2D eigenvalue weighted by Gasteiger charge is -2.07. The molecular weight excluding hydrogens is 391 g/mol. The maximum absolute atomic E-state index is 13.6. The largest absolute Gasteiger partial charge is 0.366 e. The molecule has 0 spiro atoms. The van der Waals surface area contributed by atoms with E-state index < -0.39 is 17.6 Å². The van der Waals surface area contributed by atoms with Gasteiger partial charge in [-0.25, -0.2) is 4.39 Å². The Kier molecular flexibility index (Phi) is 5.48. The zero-order valence-corrected chi connectivity index (χ0v) is 15.7. The van der Waals surface area contributed by atoms with Crippen LogP contribution in [-0.4, -0.2) is 21.2 Å². The summed E-state index contributed by atoms with van der Waals surface area (Å²) >= 11 is 6.84. The van der Waals surface area contributed by atoms with Gasteiger partial charge in [0.15, 0.2) is 0 Å². The zero-order valence-electron chi connectivity index (χ0n) is 14.1. The minimum Gasteiger partial charge on any atom is -0.366 e. The van der Waals surface area contributed by atoms with Crippen LogP contribution in [-0.2, 0) is 6.42 Å². The van der Waals surface area contributed by atoms with E-state index in [-0.39, 0.29) is 5.02 Å². The van der Waals surface area contributed by atoms with E-state index in [4.69, 9.17) is 17.3 Å². The summed E-state index contributed by atoms with van der Waals surface area (Å²) in [5.41, 5.74) is 7.44. The maximum atomic E-state index is 13.6. The number of rotatable bonds is 5. The quantitative estimate of drug-likeness (QED) is 0.679. The number of pyridine rings is 1. The molecule has 1 aromatic carbocycles. The van der Waals surface area contributed by atoms with Gasteiger partial charge in [0.2, 0.25) is 5.91 Å². The van der Waals surface area contributed by atoms with Gasteiger partial charge >= 0.3 is 0 Å². The zero-order chi connectivity index (χ0) is 19.6. The summed E-state index contributed by atoms with van der Waals surface area (Å²) in [4.78, 5) is 28.7. The highest BCUT2D eigenvalue weighted by molar-refractivity contribution is 7.06. The monoisotopic (exact) mass is 404 g/mol. The van der Waals surface area contributed by atoms with Gasteiger partial charge in [0.05, 0.1) is 21.8 Å². The number of halogens is 2. The van der Waals surface area contributed by atoms with Gasteiger partial charge in [0, 0.05) is 28.9 Å². The molecule has 0 fully saturated rings. The van der Waals surface area contributed by atoms with Gasteiger partial charge in [0.1, 0.15) is 5.82 Å². The van der Waals surface area contributed by atoms with E-state index in [1.807, 2.05) is 0 Å². The number of primary amides is 1. The van der Waals surface area contributed by atoms with Crippen LogP contribution in [0.3, 0.4) is 0 Å². The molecule has 0 aliphatic carbocycles. The Balaban J connectivity index is 1.82. The Hall–Kier alpha value is -2.84. The van der Waals surface area contributed by atoms with Crippen molar-refractivity contribution in [2.24, 2.45) is 5.73 Å². The van der Waals surface area contributed by atoms with Crippen molar-refractivity contribution in [3.8, 4) is 0 Å². The van der Waals surface area contributed by atoms with Crippen molar-refractivity contribution in [2.75, 3.05) is 5.32 Å². The molecule has 0 unspecified atom stereocenters. The van der Waals surface area contributed by atoms with Crippen molar-refractivity contribution in [1.29, 1.82) is 0 Å². The molecule has 0 atom stereocenters. The van der Waals surface area contributed by atoms with Crippen molar-refractivity contribution in [1.82, 2.24) is 9.36 Å². The average molecular weight is 405 g/mol. The van der Waals surface area contributed by atoms with E-state index in [0.717, 1.165) is 6.07 Å². The summed E-state index contributed by atoms with van der Waals surface area (Å²) in [5, 5.41) is 2.63. The molecule has 0 radical (unpaired) electrons. The number of amides is 2. The first-order valence-electron chi connectivity index (χ1n) is 7.81. The summed E-state index contributed by atoms with van der Waals surface area (Å²) in [7, 11) is 0. The second-order valence-corrected chi connectivity index (χ2v) is 6.99.